The van der Waals surface area contributed by atoms with E-state index in [1.54, 1.807) is 0 Å². The van der Waals surface area contributed by atoms with Crippen molar-refractivity contribution in [2.75, 3.05) is 38.4 Å². The number of unbranched alkanes of at least 4 members (excludes halogenated alkanes) is 1. The monoisotopic (exact) mass is 672 g/mol. The minimum atomic E-state index is 0.478. The smallest absolute Gasteiger partial charge is 0.104 e. The molecule has 246 valence electrons. The quantitative estimate of drug-likeness (QED) is 0.238. The lowest BCUT2D eigenvalue weighted by molar-refractivity contribution is 0.0938. The highest BCUT2D eigenvalue weighted by Gasteiger charge is 2.20. The van der Waals surface area contributed by atoms with Crippen molar-refractivity contribution >= 4 is 58.8 Å². The summed E-state index contributed by atoms with van der Waals surface area (Å²) >= 11 is 9.85. The largest absolute Gasteiger partial charge is 0.368 e. The summed E-state index contributed by atoms with van der Waals surface area (Å²) in [5.41, 5.74) is 1.95. The lowest BCUT2D eigenvalue weighted by atomic mass is 10.2. The fraction of sp³-hybridized carbons (Fsp3) is 1.00. The van der Waals surface area contributed by atoms with Crippen LogP contribution < -0.4 is 0 Å². The second-order valence-electron chi connectivity index (χ2n) is 11.3. The fourth-order valence-electron chi connectivity index (χ4n) is 4.42. The zero-order valence-corrected chi connectivity index (χ0v) is 31.7. The Morgan fingerprint density at radius 3 is 1.27 bits per heavy atom. The molecule has 4 aliphatic rings. The molecule has 0 aromatic carbocycles. The predicted octanol–water partition coefficient (Wildman–Crippen LogP) is 10.6. The van der Waals surface area contributed by atoms with Gasteiger partial charge in [-0.15, -0.1) is 47.0 Å². The average Bonchev–Trinajstić information content (AvgIpc) is 2.96. The van der Waals surface area contributed by atoms with Gasteiger partial charge in [0.15, 0.2) is 0 Å². The van der Waals surface area contributed by atoms with Crippen molar-refractivity contribution in [2.24, 2.45) is 0 Å². The Labute approximate surface area is 276 Å². The Morgan fingerprint density at radius 2 is 0.927 bits per heavy atom. The Balaban J connectivity index is 0.000000274. The zero-order valence-electron chi connectivity index (χ0n) is 27.6. The molecule has 4 rings (SSSR count). The third-order valence-electron chi connectivity index (χ3n) is 7.06. The van der Waals surface area contributed by atoms with Crippen LogP contribution in [0.1, 0.15) is 119 Å². The summed E-state index contributed by atoms with van der Waals surface area (Å²) in [7, 11) is 0. The average molecular weight is 673 g/mol. The molecule has 0 aliphatic carbocycles. The van der Waals surface area contributed by atoms with Gasteiger partial charge in [0, 0.05) is 47.4 Å². The van der Waals surface area contributed by atoms with Crippen LogP contribution in [0.4, 0.5) is 0 Å². The maximum Gasteiger partial charge on any atom is 0.104 e. The van der Waals surface area contributed by atoms with Gasteiger partial charge in [-0.1, -0.05) is 67.7 Å². The van der Waals surface area contributed by atoms with Gasteiger partial charge in [0.2, 0.25) is 0 Å². The van der Waals surface area contributed by atoms with Gasteiger partial charge in [-0.3, -0.25) is 0 Å². The van der Waals surface area contributed by atoms with Crippen LogP contribution in [0.5, 0.6) is 0 Å². The Morgan fingerprint density at radius 1 is 0.537 bits per heavy atom. The summed E-state index contributed by atoms with van der Waals surface area (Å²) in [6, 6.07) is 0. The van der Waals surface area contributed by atoms with E-state index in [1.807, 2.05) is 58.8 Å². The highest BCUT2D eigenvalue weighted by atomic mass is 32.2. The molecular weight excluding hydrogens is 609 g/mol. The molecule has 8 unspecified atom stereocenters. The van der Waals surface area contributed by atoms with Crippen molar-refractivity contribution in [1.29, 1.82) is 0 Å². The first-order chi connectivity index (χ1) is 19.8. The Kier molecular flexibility index (Phi) is 26.5. The Bertz CT molecular complexity index is 562. The van der Waals surface area contributed by atoms with Crippen LogP contribution in [-0.4, -0.2) is 81.2 Å². The molecule has 0 N–H and O–H groups in total. The van der Waals surface area contributed by atoms with Crippen LogP contribution in [0.15, 0.2) is 0 Å². The van der Waals surface area contributed by atoms with Crippen LogP contribution in [0.2, 0.25) is 0 Å². The van der Waals surface area contributed by atoms with E-state index in [0.29, 0.717) is 21.7 Å². The van der Waals surface area contributed by atoms with Crippen LogP contribution in [0.3, 0.4) is 0 Å². The molecule has 0 amide bonds. The van der Waals surface area contributed by atoms with Gasteiger partial charge in [0.05, 0.1) is 0 Å². The summed E-state index contributed by atoms with van der Waals surface area (Å²) in [4.78, 5) is 0. The van der Waals surface area contributed by atoms with Gasteiger partial charge >= 0.3 is 0 Å². The van der Waals surface area contributed by atoms with E-state index >= 15 is 0 Å². The molecule has 4 heterocycles. The molecule has 4 nitrogen and oxygen atoms in total. The highest BCUT2D eigenvalue weighted by Crippen LogP contribution is 2.31. The topological polar surface area (TPSA) is 36.9 Å². The third kappa shape index (κ3) is 21.9. The summed E-state index contributed by atoms with van der Waals surface area (Å²) in [5.74, 6) is 1.23. The van der Waals surface area contributed by atoms with E-state index in [4.69, 9.17) is 18.9 Å². The van der Waals surface area contributed by atoms with Crippen molar-refractivity contribution in [3.05, 3.63) is 0 Å². The summed E-state index contributed by atoms with van der Waals surface area (Å²) < 4.78 is 22.2. The first-order valence-corrected chi connectivity index (χ1v) is 21.5. The van der Waals surface area contributed by atoms with Crippen molar-refractivity contribution in [2.45, 2.75) is 162 Å². The van der Waals surface area contributed by atoms with Crippen molar-refractivity contribution in [3.8, 4) is 0 Å². The van der Waals surface area contributed by atoms with Gasteiger partial charge in [0.25, 0.3) is 0 Å². The Hall–Kier alpha value is 1.59. The van der Waals surface area contributed by atoms with Crippen molar-refractivity contribution < 1.29 is 18.9 Å². The zero-order chi connectivity index (χ0) is 30.3. The second kappa shape index (κ2) is 26.8. The van der Waals surface area contributed by atoms with Crippen molar-refractivity contribution in [1.82, 2.24) is 0 Å². The van der Waals surface area contributed by atoms with Crippen LogP contribution in [-0.2, 0) is 18.9 Å². The fourth-order valence-corrected chi connectivity index (χ4v) is 9.84. The van der Waals surface area contributed by atoms with Crippen LogP contribution in [0, 0.1) is 0 Å². The van der Waals surface area contributed by atoms with Crippen molar-refractivity contribution in [3.63, 3.8) is 0 Å². The van der Waals surface area contributed by atoms with E-state index < -0.39 is 0 Å². The summed E-state index contributed by atoms with van der Waals surface area (Å²) in [6.45, 7) is 19.6. The number of thioether (sulfide) groups is 5. The predicted molar refractivity (Wildman–Crippen MR) is 193 cm³/mol. The molecule has 0 aromatic rings. The molecule has 4 fully saturated rings. The molecule has 0 aromatic heterocycles. The molecule has 4 aliphatic heterocycles. The second-order valence-corrected chi connectivity index (χ2v) is 18.7. The van der Waals surface area contributed by atoms with Gasteiger partial charge in [0.1, 0.15) is 21.7 Å². The molecule has 0 spiro atoms. The highest BCUT2D eigenvalue weighted by molar-refractivity contribution is 8.01. The molecule has 0 radical (unpaired) electrons. The van der Waals surface area contributed by atoms with E-state index in [-0.39, 0.29) is 0 Å². The third-order valence-corrected chi connectivity index (χ3v) is 13.3. The normalized spacial score (nSPS) is 33.7. The summed E-state index contributed by atoms with van der Waals surface area (Å²) in [6.07, 6.45) is 15.7. The van der Waals surface area contributed by atoms with Gasteiger partial charge in [-0.2, -0.15) is 11.8 Å². The molecule has 41 heavy (non-hydrogen) atoms. The summed E-state index contributed by atoms with van der Waals surface area (Å²) in [5, 5.41) is 3.23. The van der Waals surface area contributed by atoms with Crippen LogP contribution in [0.25, 0.3) is 0 Å². The molecule has 8 atom stereocenters. The van der Waals surface area contributed by atoms with E-state index in [0.717, 1.165) is 53.8 Å². The first-order valence-electron chi connectivity index (χ1n) is 16.4. The van der Waals surface area contributed by atoms with E-state index in [1.165, 1.54) is 70.0 Å². The maximum atomic E-state index is 5.61. The number of ether oxygens (including phenoxy) is 4. The van der Waals surface area contributed by atoms with Gasteiger partial charge < -0.3 is 18.9 Å². The first kappa shape index (κ1) is 40.6. The van der Waals surface area contributed by atoms with Crippen LogP contribution >= 0.6 is 58.8 Å². The number of rotatable bonds is 9. The standard InChI is InChI=1S/C9H18OS.C8H16OS2.C8H16OS.C7H14OS/c1-3-4-5-9-10-7-6-8(2)11-9;1-7-3-5-9-8(11-7)4-6-10-2;1-3-4-8-9-6-5-7(2)10-8;1-3-7-8-5-4-6(2)9-7/h8-9H,3-7H2,1-2H3;7-8H,3-6H2,1-2H3;7-8H,3-6H2,1-2H3;6-7H,3-5H2,1-2H3. The van der Waals surface area contributed by atoms with Gasteiger partial charge in [-0.25, -0.2) is 0 Å². The van der Waals surface area contributed by atoms with Gasteiger partial charge in [-0.05, 0) is 63.4 Å². The van der Waals surface area contributed by atoms with E-state index in [2.05, 4.69) is 54.7 Å². The maximum absolute atomic E-state index is 5.61. The number of hydrogen-bond donors (Lipinski definition) is 0. The molecule has 0 bridgehead atoms. The molecule has 0 saturated carbocycles. The molecule has 4 saturated heterocycles. The minimum Gasteiger partial charge on any atom is -0.368 e. The van der Waals surface area contributed by atoms with E-state index in [9.17, 15) is 0 Å². The lowest BCUT2D eigenvalue weighted by Crippen LogP contribution is -2.21. The lowest BCUT2D eigenvalue weighted by Gasteiger charge is -2.26. The SMILES string of the molecule is CCC1OCCC(C)S1.CCCC1OCCC(C)S1.CCCCC1OCCC(C)S1.CSCCC1OCCC(C)S1. The molecule has 9 heteroatoms. The number of hydrogen-bond acceptors (Lipinski definition) is 9. The molecular formula is C32H64O4S5. The minimum absolute atomic E-state index is 0.478.